The lowest BCUT2D eigenvalue weighted by molar-refractivity contribution is 0.0993. The molecule has 0 saturated carbocycles. The topological polar surface area (TPSA) is 68.3 Å². The summed E-state index contributed by atoms with van der Waals surface area (Å²) < 4.78 is 1.04. The normalized spacial score (nSPS) is 20.1. The second kappa shape index (κ2) is 6.85. The minimum atomic E-state index is -0.315. The van der Waals surface area contributed by atoms with Gasteiger partial charge in [-0.3, -0.25) is 9.79 Å². The number of rotatable bonds is 4. The second-order valence-corrected chi connectivity index (χ2v) is 8.76. The van der Waals surface area contributed by atoms with Crippen molar-refractivity contribution in [1.82, 2.24) is 4.98 Å². The quantitative estimate of drug-likeness (QED) is 0.681. The third kappa shape index (κ3) is 3.39. The highest BCUT2D eigenvalue weighted by Gasteiger charge is 2.29. The van der Waals surface area contributed by atoms with Crippen LogP contribution in [0.5, 0.6) is 0 Å². The van der Waals surface area contributed by atoms with Crippen LogP contribution in [0.1, 0.15) is 34.3 Å². The number of ketones is 1. The van der Waals surface area contributed by atoms with E-state index in [1.807, 2.05) is 36.4 Å². The first-order valence-electron chi connectivity index (χ1n) is 8.50. The van der Waals surface area contributed by atoms with Gasteiger partial charge in [-0.25, -0.2) is 4.98 Å². The highest BCUT2D eigenvalue weighted by atomic mass is 32.2. The van der Waals surface area contributed by atoms with Crippen molar-refractivity contribution in [2.75, 3.05) is 5.75 Å². The molecule has 0 spiro atoms. The zero-order valence-electron chi connectivity index (χ0n) is 14.4. The van der Waals surface area contributed by atoms with E-state index >= 15 is 0 Å². The third-order valence-electron chi connectivity index (χ3n) is 4.64. The molecule has 2 aromatic carbocycles. The average Bonchev–Trinajstić information content (AvgIpc) is 3.06. The van der Waals surface area contributed by atoms with Crippen molar-refractivity contribution >= 4 is 44.3 Å². The number of carbonyl (C=O) groups is 1. The Morgan fingerprint density at radius 2 is 2.08 bits per heavy atom. The van der Waals surface area contributed by atoms with Crippen LogP contribution in [0.4, 0.5) is 0 Å². The molecule has 0 fully saturated rings. The number of nitrogens with two attached hydrogens (primary N) is 1. The molecule has 0 saturated heterocycles. The summed E-state index contributed by atoms with van der Waals surface area (Å²) in [7, 11) is 0. The fourth-order valence-electron chi connectivity index (χ4n) is 3.16. The average molecular weight is 382 g/mol. The van der Waals surface area contributed by atoms with Crippen molar-refractivity contribution in [2.24, 2.45) is 10.7 Å². The highest BCUT2D eigenvalue weighted by Crippen LogP contribution is 2.35. The van der Waals surface area contributed by atoms with E-state index < -0.39 is 0 Å². The van der Waals surface area contributed by atoms with E-state index in [0.29, 0.717) is 16.6 Å². The molecule has 4 nitrogen and oxygen atoms in total. The third-order valence-corrected chi connectivity index (χ3v) is 6.51. The molecule has 1 aliphatic rings. The van der Waals surface area contributed by atoms with E-state index in [1.54, 1.807) is 11.8 Å². The minimum absolute atomic E-state index is 0.0516. The molecule has 0 aliphatic carbocycles. The van der Waals surface area contributed by atoms with Crippen LogP contribution < -0.4 is 5.73 Å². The van der Waals surface area contributed by atoms with Gasteiger partial charge in [-0.05, 0) is 36.6 Å². The van der Waals surface area contributed by atoms with Crippen molar-refractivity contribution in [3.63, 3.8) is 0 Å². The van der Waals surface area contributed by atoms with Gasteiger partial charge >= 0.3 is 0 Å². The number of amidine groups is 1. The Kier molecular flexibility index (Phi) is 4.54. The van der Waals surface area contributed by atoms with Gasteiger partial charge in [-0.1, -0.05) is 48.2 Å². The van der Waals surface area contributed by atoms with E-state index in [9.17, 15) is 4.79 Å². The van der Waals surface area contributed by atoms with Crippen LogP contribution in [-0.2, 0) is 12.0 Å². The predicted octanol–water partition coefficient (Wildman–Crippen LogP) is 4.39. The summed E-state index contributed by atoms with van der Waals surface area (Å²) in [5.74, 6) is 1.01. The number of para-hydroxylation sites is 1. The molecule has 4 rings (SSSR count). The van der Waals surface area contributed by atoms with Gasteiger partial charge in [0.25, 0.3) is 0 Å². The van der Waals surface area contributed by atoms with Crippen molar-refractivity contribution in [3.8, 4) is 0 Å². The summed E-state index contributed by atoms with van der Waals surface area (Å²) in [6.07, 6.45) is 1.28. The molecule has 6 heteroatoms. The largest absolute Gasteiger partial charge is 0.379 e. The van der Waals surface area contributed by atoms with E-state index in [2.05, 4.69) is 29.0 Å². The van der Waals surface area contributed by atoms with Gasteiger partial charge < -0.3 is 5.73 Å². The molecule has 1 unspecified atom stereocenters. The first-order chi connectivity index (χ1) is 12.5. The number of thiazole rings is 1. The Bertz CT molecular complexity index is 978. The van der Waals surface area contributed by atoms with E-state index in [1.165, 1.54) is 11.3 Å². The summed E-state index contributed by atoms with van der Waals surface area (Å²) >= 11 is 3.05. The summed E-state index contributed by atoms with van der Waals surface area (Å²) in [5.41, 5.74) is 8.59. The smallest absolute Gasteiger partial charge is 0.195 e. The SMILES string of the molecule is CC1(c2cccc(CC(=O)c3nc4ccccc4s3)c2)CCSC(N)=N1. The van der Waals surface area contributed by atoms with Crippen LogP contribution in [0, 0.1) is 0 Å². The molecule has 26 heavy (non-hydrogen) atoms. The standard InChI is InChI=1S/C20H19N3OS2/c1-20(9-10-25-19(21)23-20)14-6-4-5-13(11-14)12-16(24)18-22-15-7-2-3-8-17(15)26-18/h2-8,11H,9-10,12H2,1H3,(H2,21,23). The Morgan fingerprint density at radius 3 is 2.88 bits per heavy atom. The van der Waals surface area contributed by atoms with E-state index in [4.69, 9.17) is 5.73 Å². The maximum atomic E-state index is 12.7. The van der Waals surface area contributed by atoms with E-state index in [0.717, 1.165) is 33.5 Å². The van der Waals surface area contributed by atoms with Crippen LogP contribution in [0.15, 0.2) is 53.5 Å². The summed E-state index contributed by atoms with van der Waals surface area (Å²) in [6, 6.07) is 16.0. The number of aliphatic imine (C=N–C) groups is 1. The molecule has 0 bridgehead atoms. The molecule has 0 radical (unpaired) electrons. The van der Waals surface area contributed by atoms with Gasteiger partial charge in [-0.2, -0.15) is 0 Å². The number of thioether (sulfide) groups is 1. The number of hydrogen-bond donors (Lipinski definition) is 1. The fourth-order valence-corrected chi connectivity index (χ4v) is 5.04. The molecule has 1 aromatic heterocycles. The number of hydrogen-bond acceptors (Lipinski definition) is 6. The molecule has 2 heterocycles. The van der Waals surface area contributed by atoms with Crippen molar-refractivity contribution in [2.45, 2.75) is 25.3 Å². The molecule has 2 N–H and O–H groups in total. The van der Waals surface area contributed by atoms with Gasteiger partial charge in [-0.15, -0.1) is 11.3 Å². The number of Topliss-reactive ketones (excluding diaryl/α,β-unsaturated/α-hetero) is 1. The summed E-state index contributed by atoms with van der Waals surface area (Å²) in [5, 5.41) is 1.20. The van der Waals surface area contributed by atoms with E-state index in [-0.39, 0.29) is 11.3 Å². The first-order valence-corrected chi connectivity index (χ1v) is 10.3. The van der Waals surface area contributed by atoms with Gasteiger partial charge in [0.2, 0.25) is 0 Å². The Balaban J connectivity index is 1.59. The van der Waals surface area contributed by atoms with Gasteiger partial charge in [0.15, 0.2) is 16.0 Å². The lowest BCUT2D eigenvalue weighted by Gasteiger charge is -2.30. The van der Waals surface area contributed by atoms with Crippen molar-refractivity contribution in [3.05, 3.63) is 64.7 Å². The Hall–Kier alpha value is -2.18. The number of fused-ring (bicyclic) bond motifs is 1. The van der Waals surface area contributed by atoms with Gasteiger partial charge in [0.1, 0.15) is 0 Å². The maximum absolute atomic E-state index is 12.7. The molecule has 3 aromatic rings. The summed E-state index contributed by atoms with van der Waals surface area (Å²) in [6.45, 7) is 2.11. The van der Waals surface area contributed by atoms with Crippen LogP contribution >= 0.6 is 23.1 Å². The van der Waals surface area contributed by atoms with Crippen LogP contribution in [-0.4, -0.2) is 21.7 Å². The first kappa shape index (κ1) is 17.2. The van der Waals surface area contributed by atoms with Gasteiger partial charge in [0, 0.05) is 12.2 Å². The van der Waals surface area contributed by atoms with Crippen molar-refractivity contribution < 1.29 is 4.79 Å². The fraction of sp³-hybridized carbons (Fsp3) is 0.250. The monoisotopic (exact) mass is 381 g/mol. The number of aromatic nitrogens is 1. The zero-order valence-corrected chi connectivity index (χ0v) is 16.1. The van der Waals surface area contributed by atoms with Crippen LogP contribution in [0.3, 0.4) is 0 Å². The second-order valence-electron chi connectivity index (χ2n) is 6.61. The molecule has 1 aliphatic heterocycles. The zero-order chi connectivity index (χ0) is 18.1. The van der Waals surface area contributed by atoms with Crippen molar-refractivity contribution in [1.29, 1.82) is 0 Å². The predicted molar refractivity (Wildman–Crippen MR) is 110 cm³/mol. The molecule has 1 atom stereocenters. The van der Waals surface area contributed by atoms with Crippen LogP contribution in [0.25, 0.3) is 10.2 Å². The lowest BCUT2D eigenvalue weighted by atomic mass is 9.88. The molecular weight excluding hydrogens is 362 g/mol. The number of benzene rings is 2. The molecule has 0 amide bonds. The molecule has 132 valence electrons. The Morgan fingerprint density at radius 1 is 1.23 bits per heavy atom. The maximum Gasteiger partial charge on any atom is 0.195 e. The molecular formula is C20H19N3OS2. The lowest BCUT2D eigenvalue weighted by Crippen LogP contribution is -2.28. The van der Waals surface area contributed by atoms with Gasteiger partial charge in [0.05, 0.1) is 15.8 Å². The number of nitrogens with zero attached hydrogens (tertiary/aromatic N) is 2. The Labute approximate surface area is 160 Å². The number of carbonyl (C=O) groups excluding carboxylic acids is 1. The highest BCUT2D eigenvalue weighted by molar-refractivity contribution is 8.13. The summed E-state index contributed by atoms with van der Waals surface area (Å²) in [4.78, 5) is 21.8. The minimum Gasteiger partial charge on any atom is -0.379 e. The van der Waals surface area contributed by atoms with Crippen LogP contribution in [0.2, 0.25) is 0 Å².